The van der Waals surface area contributed by atoms with Crippen molar-refractivity contribution in [2.75, 3.05) is 66.1 Å². The number of nitrogens with zero attached hydrogens (tertiary/aromatic N) is 3. The maximum absolute atomic E-state index is 11.9. The Hall–Kier alpha value is -0.610. The lowest BCUT2D eigenvalue weighted by molar-refractivity contribution is -0.122. The lowest BCUT2D eigenvalue weighted by Crippen LogP contribution is -2.54. The highest BCUT2D eigenvalue weighted by Gasteiger charge is 2.21. The van der Waals surface area contributed by atoms with Gasteiger partial charge in [-0.1, -0.05) is 20.8 Å². The van der Waals surface area contributed by atoms with Crippen LogP contribution < -0.4 is 10.6 Å². The summed E-state index contributed by atoms with van der Waals surface area (Å²) in [6, 6.07) is 0. The van der Waals surface area contributed by atoms with E-state index in [2.05, 4.69) is 48.1 Å². The van der Waals surface area contributed by atoms with E-state index < -0.39 is 0 Å². The Labute approximate surface area is 182 Å². The first kappa shape index (κ1) is 26.4. The average Bonchev–Trinajstić information content (AvgIpc) is 2.58. The Kier molecular flexibility index (Phi) is 14.1. The number of piperazine rings is 1. The molecule has 0 aliphatic carbocycles. The van der Waals surface area contributed by atoms with E-state index in [1.165, 1.54) is 6.42 Å². The zero-order valence-corrected chi connectivity index (χ0v) is 20.2. The van der Waals surface area contributed by atoms with Crippen molar-refractivity contribution in [1.82, 2.24) is 20.4 Å². The number of methoxy groups -OCH3 is 1. The number of halogens is 1. The fraction of sp³-hybridized carbons (Fsp3) is 0.895. The van der Waals surface area contributed by atoms with E-state index >= 15 is 0 Å². The predicted molar refractivity (Wildman–Crippen MR) is 123 cm³/mol. The van der Waals surface area contributed by atoms with Gasteiger partial charge in [0.1, 0.15) is 0 Å². The van der Waals surface area contributed by atoms with E-state index in [0.29, 0.717) is 25.1 Å². The summed E-state index contributed by atoms with van der Waals surface area (Å²) in [4.78, 5) is 21.2. The number of rotatable bonds is 9. The number of amides is 1. The van der Waals surface area contributed by atoms with Gasteiger partial charge in [-0.25, -0.2) is 0 Å². The van der Waals surface area contributed by atoms with Gasteiger partial charge in [-0.3, -0.25) is 14.7 Å². The van der Waals surface area contributed by atoms with Gasteiger partial charge < -0.3 is 20.3 Å². The lowest BCUT2D eigenvalue weighted by Gasteiger charge is -2.36. The maximum Gasteiger partial charge on any atom is 0.234 e. The van der Waals surface area contributed by atoms with Crippen molar-refractivity contribution in [2.24, 2.45) is 10.4 Å². The molecule has 0 atom stereocenters. The fourth-order valence-electron chi connectivity index (χ4n) is 2.89. The van der Waals surface area contributed by atoms with Crippen LogP contribution in [0.2, 0.25) is 0 Å². The summed E-state index contributed by atoms with van der Waals surface area (Å²) in [6.07, 6.45) is 2.29. The third-order valence-corrected chi connectivity index (χ3v) is 4.35. The van der Waals surface area contributed by atoms with Crippen molar-refractivity contribution < 1.29 is 9.53 Å². The van der Waals surface area contributed by atoms with Gasteiger partial charge in [0.2, 0.25) is 5.91 Å². The molecule has 1 aliphatic heterocycles. The number of carbonyl (C=O) groups is 1. The van der Waals surface area contributed by atoms with Gasteiger partial charge in [0, 0.05) is 52.9 Å². The van der Waals surface area contributed by atoms with Gasteiger partial charge in [-0.15, -0.1) is 24.0 Å². The molecule has 0 aromatic heterocycles. The van der Waals surface area contributed by atoms with E-state index in [9.17, 15) is 4.79 Å². The molecule has 0 aromatic rings. The van der Waals surface area contributed by atoms with E-state index in [1.807, 2.05) is 0 Å². The molecular weight excluding hydrogens is 457 g/mol. The zero-order chi connectivity index (χ0) is 19.4. The molecule has 0 unspecified atom stereocenters. The molecule has 1 heterocycles. The largest absolute Gasteiger partial charge is 0.383 e. The second-order valence-electron chi connectivity index (χ2n) is 8.01. The average molecular weight is 497 g/mol. The van der Waals surface area contributed by atoms with Crippen LogP contribution in [0.5, 0.6) is 0 Å². The number of aliphatic imine (C=N–C) groups is 1. The highest BCUT2D eigenvalue weighted by molar-refractivity contribution is 14.0. The molecule has 8 heteroatoms. The van der Waals surface area contributed by atoms with Crippen LogP contribution in [0.4, 0.5) is 0 Å². The van der Waals surface area contributed by atoms with Crippen LogP contribution in [0.3, 0.4) is 0 Å². The molecule has 0 spiro atoms. The molecule has 1 aliphatic rings. The second-order valence-corrected chi connectivity index (χ2v) is 8.01. The Morgan fingerprint density at radius 3 is 2.37 bits per heavy atom. The van der Waals surface area contributed by atoms with Crippen molar-refractivity contribution in [1.29, 1.82) is 0 Å². The minimum Gasteiger partial charge on any atom is -0.383 e. The van der Waals surface area contributed by atoms with Gasteiger partial charge in [0.25, 0.3) is 0 Å². The van der Waals surface area contributed by atoms with Crippen LogP contribution in [0, 0.1) is 5.41 Å². The summed E-state index contributed by atoms with van der Waals surface area (Å²) in [6.45, 7) is 15.8. The standard InChI is InChI=1S/C19H39N5O2.HI/c1-6-20-18(22-9-7-8-19(2,3)4)24-13-11-23(12-14-24)16-17(25)21-10-15-26-5;/h6-16H2,1-5H3,(H,20,22)(H,21,25);1H. The molecule has 7 nitrogen and oxygen atoms in total. The van der Waals surface area contributed by atoms with Crippen molar-refractivity contribution in [3.8, 4) is 0 Å². The SMILES string of the molecule is CCNC(=NCCCC(C)(C)C)N1CCN(CC(=O)NCCOC)CC1.I. The molecule has 0 bridgehead atoms. The summed E-state index contributed by atoms with van der Waals surface area (Å²) in [5, 5.41) is 6.28. The highest BCUT2D eigenvalue weighted by atomic mass is 127. The van der Waals surface area contributed by atoms with Crippen molar-refractivity contribution in [3.05, 3.63) is 0 Å². The number of carbonyl (C=O) groups excluding carboxylic acids is 1. The van der Waals surface area contributed by atoms with Gasteiger partial charge in [0.05, 0.1) is 13.2 Å². The molecule has 0 aromatic carbocycles. The van der Waals surface area contributed by atoms with E-state index in [-0.39, 0.29) is 29.9 Å². The van der Waals surface area contributed by atoms with Crippen LogP contribution >= 0.6 is 24.0 Å². The quantitative estimate of drug-likeness (QED) is 0.220. The van der Waals surface area contributed by atoms with Crippen molar-refractivity contribution in [3.63, 3.8) is 0 Å². The van der Waals surface area contributed by atoms with Crippen LogP contribution in [-0.4, -0.2) is 87.7 Å². The summed E-state index contributed by atoms with van der Waals surface area (Å²) in [5.74, 6) is 1.07. The molecule has 2 N–H and O–H groups in total. The Balaban J connectivity index is 0.00000676. The van der Waals surface area contributed by atoms with Crippen LogP contribution in [-0.2, 0) is 9.53 Å². The van der Waals surface area contributed by atoms with Crippen LogP contribution in [0.25, 0.3) is 0 Å². The van der Waals surface area contributed by atoms with E-state index in [1.54, 1.807) is 7.11 Å². The lowest BCUT2D eigenvalue weighted by atomic mass is 9.91. The van der Waals surface area contributed by atoms with Gasteiger partial charge in [-0.2, -0.15) is 0 Å². The van der Waals surface area contributed by atoms with Crippen molar-refractivity contribution >= 4 is 35.8 Å². The van der Waals surface area contributed by atoms with E-state index in [4.69, 9.17) is 9.73 Å². The number of hydrogen-bond donors (Lipinski definition) is 2. The van der Waals surface area contributed by atoms with Crippen molar-refractivity contribution in [2.45, 2.75) is 40.5 Å². The minimum atomic E-state index is 0. The topological polar surface area (TPSA) is 69.2 Å². The van der Waals surface area contributed by atoms with E-state index in [0.717, 1.165) is 51.6 Å². The predicted octanol–water partition coefficient (Wildman–Crippen LogP) is 1.78. The molecule has 0 saturated carbocycles. The Morgan fingerprint density at radius 1 is 1.15 bits per heavy atom. The Bertz CT molecular complexity index is 432. The zero-order valence-electron chi connectivity index (χ0n) is 17.8. The Morgan fingerprint density at radius 2 is 1.81 bits per heavy atom. The normalized spacial score (nSPS) is 16.0. The van der Waals surface area contributed by atoms with Crippen LogP contribution in [0.15, 0.2) is 4.99 Å². The van der Waals surface area contributed by atoms with Gasteiger partial charge in [-0.05, 0) is 25.2 Å². The number of guanidine groups is 1. The van der Waals surface area contributed by atoms with Gasteiger partial charge in [0.15, 0.2) is 5.96 Å². The minimum absolute atomic E-state index is 0. The number of nitrogens with one attached hydrogen (secondary N) is 2. The first-order chi connectivity index (χ1) is 12.4. The third kappa shape index (κ3) is 12.5. The van der Waals surface area contributed by atoms with Gasteiger partial charge >= 0.3 is 0 Å². The summed E-state index contributed by atoms with van der Waals surface area (Å²) < 4.78 is 4.95. The number of ether oxygens (including phenoxy) is 1. The molecule has 1 fully saturated rings. The summed E-state index contributed by atoms with van der Waals surface area (Å²) in [7, 11) is 1.64. The highest BCUT2D eigenvalue weighted by Crippen LogP contribution is 2.20. The maximum atomic E-state index is 11.9. The molecule has 27 heavy (non-hydrogen) atoms. The molecule has 1 saturated heterocycles. The smallest absolute Gasteiger partial charge is 0.234 e. The summed E-state index contributed by atoms with van der Waals surface area (Å²) in [5.41, 5.74) is 0.364. The molecule has 0 radical (unpaired) electrons. The molecule has 1 amide bonds. The molecular formula is C19H40IN5O2. The monoisotopic (exact) mass is 497 g/mol. The second kappa shape index (κ2) is 14.4. The first-order valence-electron chi connectivity index (χ1n) is 9.87. The number of hydrogen-bond acceptors (Lipinski definition) is 4. The summed E-state index contributed by atoms with van der Waals surface area (Å²) >= 11 is 0. The van der Waals surface area contributed by atoms with Crippen LogP contribution in [0.1, 0.15) is 40.5 Å². The first-order valence-corrected chi connectivity index (χ1v) is 9.87. The molecule has 160 valence electrons. The third-order valence-electron chi connectivity index (χ3n) is 4.35. The fourth-order valence-corrected chi connectivity index (χ4v) is 2.89. The molecule has 1 rings (SSSR count).